The summed E-state index contributed by atoms with van der Waals surface area (Å²) in [6.45, 7) is 3.21. The lowest BCUT2D eigenvalue weighted by Crippen LogP contribution is -2.30. The highest BCUT2D eigenvalue weighted by Gasteiger charge is 2.17. The fourth-order valence-corrected chi connectivity index (χ4v) is 2.68. The molecule has 1 saturated heterocycles. The lowest BCUT2D eigenvalue weighted by Gasteiger charge is -2.18. The molecule has 1 fully saturated rings. The van der Waals surface area contributed by atoms with Gasteiger partial charge in [-0.2, -0.15) is 0 Å². The number of benzene rings is 1. The first-order valence-corrected chi connectivity index (χ1v) is 7.37. The number of rotatable bonds is 6. The number of carbonyl (C=O) groups excluding carboxylic acids is 1. The van der Waals surface area contributed by atoms with Crippen LogP contribution < -0.4 is 10.6 Å². The topological polar surface area (TPSA) is 41.1 Å². The van der Waals surface area contributed by atoms with E-state index >= 15 is 0 Å². The van der Waals surface area contributed by atoms with Crippen LogP contribution in [0.25, 0.3) is 0 Å². The van der Waals surface area contributed by atoms with Crippen molar-refractivity contribution in [1.29, 1.82) is 0 Å². The van der Waals surface area contributed by atoms with Gasteiger partial charge in [-0.3, -0.25) is 4.79 Å². The van der Waals surface area contributed by atoms with E-state index < -0.39 is 0 Å². The number of hydrogen-bond acceptors (Lipinski definition) is 2. The first-order chi connectivity index (χ1) is 9.29. The normalized spacial score (nSPS) is 19.1. The Morgan fingerprint density at radius 1 is 1.40 bits per heavy atom. The van der Waals surface area contributed by atoms with E-state index in [0.29, 0.717) is 12.5 Å². The van der Waals surface area contributed by atoms with Gasteiger partial charge in [0.2, 0.25) is 5.91 Å². The van der Waals surface area contributed by atoms with Gasteiger partial charge in [-0.15, -0.1) is 12.4 Å². The van der Waals surface area contributed by atoms with Crippen molar-refractivity contribution in [3.63, 3.8) is 0 Å². The molecule has 2 N–H and O–H groups in total. The zero-order chi connectivity index (χ0) is 13.5. The van der Waals surface area contributed by atoms with Gasteiger partial charge in [0, 0.05) is 12.5 Å². The van der Waals surface area contributed by atoms with Gasteiger partial charge in [0.05, 0.1) is 6.04 Å². The van der Waals surface area contributed by atoms with Gasteiger partial charge < -0.3 is 10.6 Å². The second kappa shape index (κ2) is 8.98. The molecule has 0 spiro atoms. The molecule has 3 nitrogen and oxygen atoms in total. The molecule has 0 bridgehead atoms. The second-order valence-electron chi connectivity index (χ2n) is 5.27. The minimum Gasteiger partial charge on any atom is -0.349 e. The van der Waals surface area contributed by atoms with E-state index in [1.54, 1.807) is 0 Å². The van der Waals surface area contributed by atoms with Gasteiger partial charge in [0.15, 0.2) is 0 Å². The molecule has 2 atom stereocenters. The fourth-order valence-electron chi connectivity index (χ4n) is 2.68. The summed E-state index contributed by atoms with van der Waals surface area (Å²) < 4.78 is 0. The van der Waals surface area contributed by atoms with Crippen LogP contribution >= 0.6 is 12.4 Å². The van der Waals surface area contributed by atoms with Crippen LogP contribution in [0.5, 0.6) is 0 Å². The van der Waals surface area contributed by atoms with E-state index in [1.807, 2.05) is 18.2 Å². The van der Waals surface area contributed by atoms with Crippen molar-refractivity contribution in [3.05, 3.63) is 35.9 Å². The van der Waals surface area contributed by atoms with Crippen LogP contribution in [0, 0.1) is 0 Å². The molecule has 0 aromatic heterocycles. The molecule has 112 valence electrons. The van der Waals surface area contributed by atoms with E-state index in [4.69, 9.17) is 0 Å². The molecule has 1 aromatic rings. The predicted molar refractivity (Wildman–Crippen MR) is 85.1 cm³/mol. The molecular formula is C16H25ClN2O. The summed E-state index contributed by atoms with van der Waals surface area (Å²) >= 11 is 0. The van der Waals surface area contributed by atoms with Crippen molar-refractivity contribution in [2.75, 3.05) is 6.54 Å². The Labute approximate surface area is 127 Å². The summed E-state index contributed by atoms with van der Waals surface area (Å²) in [5, 5.41) is 6.57. The van der Waals surface area contributed by atoms with Crippen molar-refractivity contribution >= 4 is 18.3 Å². The van der Waals surface area contributed by atoms with Gasteiger partial charge in [0.25, 0.3) is 0 Å². The molecule has 2 unspecified atom stereocenters. The van der Waals surface area contributed by atoms with Crippen LogP contribution in [0.15, 0.2) is 30.3 Å². The maximum absolute atomic E-state index is 12.0. The van der Waals surface area contributed by atoms with Crippen LogP contribution in [0.1, 0.15) is 50.6 Å². The van der Waals surface area contributed by atoms with E-state index in [0.717, 1.165) is 19.4 Å². The molecular weight excluding hydrogens is 272 g/mol. The third kappa shape index (κ3) is 5.14. The Morgan fingerprint density at radius 2 is 2.15 bits per heavy atom. The number of nitrogens with one attached hydrogen (secondary N) is 2. The SMILES string of the molecule is CCC(NC(=O)CCC1CCCN1)c1ccccc1.Cl. The molecule has 0 aliphatic carbocycles. The quantitative estimate of drug-likeness (QED) is 0.846. The molecule has 2 rings (SSSR count). The molecule has 1 aliphatic rings. The van der Waals surface area contributed by atoms with E-state index in [9.17, 15) is 4.79 Å². The second-order valence-corrected chi connectivity index (χ2v) is 5.27. The van der Waals surface area contributed by atoms with Crippen LogP contribution in [0.2, 0.25) is 0 Å². The first-order valence-electron chi connectivity index (χ1n) is 7.37. The maximum Gasteiger partial charge on any atom is 0.220 e. The minimum absolute atomic E-state index is 0. The van der Waals surface area contributed by atoms with Crippen molar-refractivity contribution < 1.29 is 4.79 Å². The first kappa shape index (κ1) is 17.0. The van der Waals surface area contributed by atoms with Crippen LogP contribution in [0.3, 0.4) is 0 Å². The summed E-state index contributed by atoms with van der Waals surface area (Å²) in [4.78, 5) is 12.0. The minimum atomic E-state index is 0. The standard InChI is InChI=1S/C16H24N2O.ClH/c1-2-15(13-7-4-3-5-8-13)18-16(19)11-10-14-9-6-12-17-14;/h3-5,7-8,14-15,17H,2,6,9-12H2,1H3,(H,18,19);1H. The Bertz CT molecular complexity index is 391. The number of hydrogen-bond donors (Lipinski definition) is 2. The van der Waals surface area contributed by atoms with E-state index in [1.165, 1.54) is 18.4 Å². The summed E-state index contributed by atoms with van der Waals surface area (Å²) in [6, 6.07) is 10.9. The number of carbonyl (C=O) groups is 1. The highest BCUT2D eigenvalue weighted by atomic mass is 35.5. The van der Waals surface area contributed by atoms with E-state index in [2.05, 4.69) is 29.7 Å². The van der Waals surface area contributed by atoms with Gasteiger partial charge >= 0.3 is 0 Å². The Balaban J connectivity index is 0.00000200. The maximum atomic E-state index is 12.0. The zero-order valence-corrected chi connectivity index (χ0v) is 12.9. The largest absolute Gasteiger partial charge is 0.349 e. The zero-order valence-electron chi connectivity index (χ0n) is 12.1. The summed E-state index contributed by atoms with van der Waals surface area (Å²) in [6.07, 6.45) is 4.96. The third-order valence-electron chi connectivity index (χ3n) is 3.83. The van der Waals surface area contributed by atoms with Gasteiger partial charge in [-0.1, -0.05) is 37.3 Å². The lowest BCUT2D eigenvalue weighted by molar-refractivity contribution is -0.122. The molecule has 0 radical (unpaired) electrons. The molecule has 1 aliphatic heterocycles. The van der Waals surface area contributed by atoms with Crippen LogP contribution in [-0.4, -0.2) is 18.5 Å². The Kier molecular flexibility index (Phi) is 7.63. The molecule has 1 heterocycles. The van der Waals surface area contributed by atoms with Gasteiger partial charge in [0.1, 0.15) is 0 Å². The van der Waals surface area contributed by atoms with Crippen molar-refractivity contribution in [1.82, 2.24) is 10.6 Å². The van der Waals surface area contributed by atoms with Crippen LogP contribution in [0.4, 0.5) is 0 Å². The molecule has 0 saturated carbocycles. The van der Waals surface area contributed by atoms with Crippen molar-refractivity contribution in [2.24, 2.45) is 0 Å². The monoisotopic (exact) mass is 296 g/mol. The highest BCUT2D eigenvalue weighted by Crippen LogP contribution is 2.17. The number of amides is 1. The summed E-state index contributed by atoms with van der Waals surface area (Å²) in [5.74, 6) is 0.171. The summed E-state index contributed by atoms with van der Waals surface area (Å²) in [5.41, 5.74) is 1.19. The Morgan fingerprint density at radius 3 is 2.75 bits per heavy atom. The average Bonchev–Trinajstić information content (AvgIpc) is 2.97. The molecule has 4 heteroatoms. The van der Waals surface area contributed by atoms with E-state index in [-0.39, 0.29) is 24.4 Å². The smallest absolute Gasteiger partial charge is 0.220 e. The molecule has 1 amide bonds. The van der Waals surface area contributed by atoms with Gasteiger partial charge in [-0.05, 0) is 37.8 Å². The number of halogens is 1. The molecule has 20 heavy (non-hydrogen) atoms. The fraction of sp³-hybridized carbons (Fsp3) is 0.562. The highest BCUT2D eigenvalue weighted by molar-refractivity contribution is 5.85. The lowest BCUT2D eigenvalue weighted by atomic mass is 10.0. The van der Waals surface area contributed by atoms with Crippen molar-refractivity contribution in [3.8, 4) is 0 Å². The molecule has 1 aromatic carbocycles. The Hall–Kier alpha value is -1.06. The summed E-state index contributed by atoms with van der Waals surface area (Å²) in [7, 11) is 0. The predicted octanol–water partition coefficient (Wildman–Crippen LogP) is 3.21. The average molecular weight is 297 g/mol. The van der Waals surface area contributed by atoms with Crippen LogP contribution in [-0.2, 0) is 4.79 Å². The third-order valence-corrected chi connectivity index (χ3v) is 3.83. The van der Waals surface area contributed by atoms with Gasteiger partial charge in [-0.25, -0.2) is 0 Å². The van der Waals surface area contributed by atoms with Crippen molar-refractivity contribution in [2.45, 2.75) is 51.1 Å².